The van der Waals surface area contributed by atoms with Crippen molar-refractivity contribution in [2.24, 2.45) is 5.73 Å². The van der Waals surface area contributed by atoms with Gasteiger partial charge in [-0.15, -0.1) is 0 Å². The minimum Gasteiger partial charge on any atom is -0.398 e. The van der Waals surface area contributed by atoms with Crippen molar-refractivity contribution in [3.05, 3.63) is 23.5 Å². The molecule has 0 bridgehead atoms. The van der Waals surface area contributed by atoms with E-state index in [9.17, 15) is 18.8 Å². The zero-order chi connectivity index (χ0) is 15.7. The number of nitrogens with one attached hydrogen (secondary N) is 1. The van der Waals surface area contributed by atoms with Gasteiger partial charge in [0.1, 0.15) is 11.9 Å². The first-order chi connectivity index (χ1) is 9.85. The maximum absolute atomic E-state index is 14.1. The molecular weight excluding hydrogens is 279 g/mol. The number of anilines is 2. The lowest BCUT2D eigenvalue weighted by molar-refractivity contribution is -0.132. The second-order valence-electron chi connectivity index (χ2n) is 4.72. The zero-order valence-electron chi connectivity index (χ0n) is 11.4. The molecule has 1 aromatic carbocycles. The van der Waals surface area contributed by atoms with Gasteiger partial charge in [0, 0.05) is 5.69 Å². The Morgan fingerprint density at radius 3 is 2.71 bits per heavy atom. The van der Waals surface area contributed by atoms with Crippen LogP contribution in [0.15, 0.2) is 12.1 Å². The summed E-state index contributed by atoms with van der Waals surface area (Å²) in [5.41, 5.74) is 10.5. The number of imide groups is 1. The molecule has 0 aliphatic carbocycles. The Labute approximate surface area is 120 Å². The molecule has 1 aliphatic rings. The number of nitrogen functional groups attached to an aromatic ring is 1. The number of amides is 3. The molecular formula is C13H15FN4O3. The number of hydrogen-bond donors (Lipinski definition) is 3. The molecule has 1 fully saturated rings. The van der Waals surface area contributed by atoms with Crippen molar-refractivity contribution in [3.63, 3.8) is 0 Å². The van der Waals surface area contributed by atoms with Gasteiger partial charge in [-0.05, 0) is 18.6 Å². The molecule has 2 rings (SSSR count). The van der Waals surface area contributed by atoms with E-state index in [4.69, 9.17) is 11.5 Å². The number of primary amides is 1. The Kier molecular flexibility index (Phi) is 3.79. The smallest absolute Gasteiger partial charge is 0.250 e. The van der Waals surface area contributed by atoms with E-state index < -0.39 is 29.6 Å². The average molecular weight is 294 g/mol. The fourth-order valence-electron chi connectivity index (χ4n) is 2.34. The van der Waals surface area contributed by atoms with E-state index in [1.165, 1.54) is 11.0 Å². The summed E-state index contributed by atoms with van der Waals surface area (Å²) in [4.78, 5) is 35.9. The van der Waals surface area contributed by atoms with Crippen molar-refractivity contribution in [3.8, 4) is 0 Å². The maximum Gasteiger partial charge on any atom is 0.250 e. The van der Waals surface area contributed by atoms with Crippen LogP contribution in [-0.2, 0) is 9.59 Å². The third-order valence-corrected chi connectivity index (χ3v) is 3.34. The van der Waals surface area contributed by atoms with E-state index in [-0.39, 0.29) is 23.5 Å². The monoisotopic (exact) mass is 294 g/mol. The molecule has 1 aromatic rings. The third-order valence-electron chi connectivity index (χ3n) is 3.34. The fraction of sp³-hybridized carbons (Fsp3) is 0.308. The molecule has 21 heavy (non-hydrogen) atoms. The Morgan fingerprint density at radius 1 is 1.48 bits per heavy atom. The third kappa shape index (κ3) is 2.64. The minimum absolute atomic E-state index is 0.0481. The lowest BCUT2D eigenvalue weighted by atomic mass is 10.1. The number of nitrogens with zero attached hydrogens (tertiary/aromatic N) is 1. The number of piperazine rings is 1. The van der Waals surface area contributed by atoms with Gasteiger partial charge < -0.3 is 16.4 Å². The van der Waals surface area contributed by atoms with Gasteiger partial charge >= 0.3 is 0 Å². The second kappa shape index (κ2) is 5.39. The van der Waals surface area contributed by atoms with Gasteiger partial charge in [-0.1, -0.05) is 6.92 Å². The normalized spacial score (nSPS) is 18.6. The van der Waals surface area contributed by atoms with Gasteiger partial charge in [0.25, 0.3) is 5.91 Å². The highest BCUT2D eigenvalue weighted by Gasteiger charge is 2.34. The molecule has 1 saturated heterocycles. The number of hydrogen-bond acceptors (Lipinski definition) is 5. The van der Waals surface area contributed by atoms with Crippen LogP contribution in [0.2, 0.25) is 0 Å². The molecule has 1 atom stereocenters. The second-order valence-corrected chi connectivity index (χ2v) is 4.72. The van der Waals surface area contributed by atoms with E-state index >= 15 is 0 Å². The molecule has 5 N–H and O–H groups in total. The number of carbonyl (C=O) groups is 3. The van der Waals surface area contributed by atoms with Crippen molar-refractivity contribution in [2.75, 3.05) is 17.2 Å². The number of benzene rings is 1. The highest BCUT2D eigenvalue weighted by atomic mass is 19.1. The number of halogens is 1. The number of rotatable bonds is 3. The van der Waals surface area contributed by atoms with Crippen LogP contribution >= 0.6 is 0 Å². The quantitative estimate of drug-likeness (QED) is 0.524. The lowest BCUT2D eigenvalue weighted by Crippen LogP contribution is -2.58. The van der Waals surface area contributed by atoms with Crippen LogP contribution < -0.4 is 21.7 Å². The summed E-state index contributed by atoms with van der Waals surface area (Å²) in [6.45, 7) is 1.54. The van der Waals surface area contributed by atoms with Crippen LogP contribution in [0, 0.1) is 5.82 Å². The van der Waals surface area contributed by atoms with Crippen molar-refractivity contribution in [2.45, 2.75) is 19.4 Å². The summed E-state index contributed by atoms with van der Waals surface area (Å²) in [5.74, 6) is -2.58. The summed E-state index contributed by atoms with van der Waals surface area (Å²) < 4.78 is 14.1. The Balaban J connectivity index is 2.53. The summed E-state index contributed by atoms with van der Waals surface area (Å²) in [7, 11) is 0. The first-order valence-electron chi connectivity index (χ1n) is 6.34. The van der Waals surface area contributed by atoms with E-state index in [2.05, 4.69) is 5.32 Å². The topological polar surface area (TPSA) is 119 Å². The zero-order valence-corrected chi connectivity index (χ0v) is 11.4. The predicted octanol–water partition coefficient (Wildman–Crippen LogP) is -0.252. The van der Waals surface area contributed by atoms with Gasteiger partial charge in [0.15, 0.2) is 0 Å². The van der Waals surface area contributed by atoms with Crippen LogP contribution in [0.1, 0.15) is 23.7 Å². The summed E-state index contributed by atoms with van der Waals surface area (Å²) in [6.07, 6.45) is 0.370. The minimum atomic E-state index is -0.811. The lowest BCUT2D eigenvalue weighted by Gasteiger charge is -2.35. The molecule has 0 spiro atoms. The van der Waals surface area contributed by atoms with E-state index in [1.54, 1.807) is 6.92 Å². The van der Waals surface area contributed by atoms with Gasteiger partial charge in [-0.3, -0.25) is 19.7 Å². The highest BCUT2D eigenvalue weighted by Crippen LogP contribution is 2.28. The van der Waals surface area contributed by atoms with Gasteiger partial charge in [0.05, 0.1) is 17.8 Å². The molecule has 3 amide bonds. The maximum atomic E-state index is 14.1. The molecule has 1 aliphatic heterocycles. The van der Waals surface area contributed by atoms with E-state index in [0.29, 0.717) is 6.42 Å². The molecule has 8 heteroatoms. The van der Waals surface area contributed by atoms with Crippen molar-refractivity contribution in [1.82, 2.24) is 5.32 Å². The van der Waals surface area contributed by atoms with Crippen LogP contribution in [-0.4, -0.2) is 30.3 Å². The number of nitrogens with two attached hydrogens (primary N) is 2. The summed E-state index contributed by atoms with van der Waals surface area (Å²) >= 11 is 0. The highest BCUT2D eigenvalue weighted by molar-refractivity contribution is 6.05. The van der Waals surface area contributed by atoms with Crippen LogP contribution in [0.4, 0.5) is 15.8 Å². The van der Waals surface area contributed by atoms with Gasteiger partial charge in [0.2, 0.25) is 11.8 Å². The Hall–Kier alpha value is -2.64. The molecule has 1 unspecified atom stereocenters. The van der Waals surface area contributed by atoms with E-state index in [1.807, 2.05) is 0 Å². The Bertz CT molecular complexity index is 632. The first-order valence-corrected chi connectivity index (χ1v) is 6.34. The van der Waals surface area contributed by atoms with Crippen molar-refractivity contribution < 1.29 is 18.8 Å². The van der Waals surface area contributed by atoms with Crippen LogP contribution in [0.25, 0.3) is 0 Å². The standard InChI is InChI=1S/C13H15FN4O3/c1-2-9-13(21)17-11(19)5-18(9)10-3-6(12(16)20)8(15)4-7(10)14/h3-4,9H,2,5,15H2,1H3,(H2,16,20)(H,17,19,21). The van der Waals surface area contributed by atoms with E-state index in [0.717, 1.165) is 6.07 Å². The molecule has 1 heterocycles. The summed E-state index contributed by atoms with van der Waals surface area (Å²) in [5, 5.41) is 2.19. The molecule has 0 radical (unpaired) electrons. The van der Waals surface area contributed by atoms with Crippen LogP contribution in [0.3, 0.4) is 0 Å². The van der Waals surface area contributed by atoms with Crippen molar-refractivity contribution in [1.29, 1.82) is 0 Å². The largest absolute Gasteiger partial charge is 0.398 e. The predicted molar refractivity (Wildman–Crippen MR) is 73.9 cm³/mol. The Morgan fingerprint density at radius 2 is 2.14 bits per heavy atom. The fourth-order valence-corrected chi connectivity index (χ4v) is 2.34. The van der Waals surface area contributed by atoms with Crippen LogP contribution in [0.5, 0.6) is 0 Å². The van der Waals surface area contributed by atoms with Gasteiger partial charge in [-0.25, -0.2) is 4.39 Å². The average Bonchev–Trinajstić information content (AvgIpc) is 2.37. The molecule has 7 nitrogen and oxygen atoms in total. The number of carbonyl (C=O) groups excluding carboxylic acids is 3. The first kappa shape index (κ1) is 14.8. The SMILES string of the molecule is CCC1C(=O)NC(=O)CN1c1cc(C(N)=O)c(N)cc1F. The molecule has 0 aromatic heterocycles. The summed E-state index contributed by atoms with van der Waals surface area (Å²) in [6, 6.07) is 1.42. The van der Waals surface area contributed by atoms with Crippen molar-refractivity contribution >= 4 is 29.1 Å². The molecule has 112 valence electrons. The van der Waals surface area contributed by atoms with Gasteiger partial charge in [-0.2, -0.15) is 0 Å². The molecule has 0 saturated carbocycles.